The summed E-state index contributed by atoms with van der Waals surface area (Å²) in [6.07, 6.45) is -23.5. The van der Waals surface area contributed by atoms with E-state index in [0.717, 1.165) is 6.07 Å². The summed E-state index contributed by atoms with van der Waals surface area (Å²) in [5.41, 5.74) is -1.16. The van der Waals surface area contributed by atoms with Crippen LogP contribution < -0.4 is 14.9 Å². The van der Waals surface area contributed by atoms with Crippen LogP contribution in [0.15, 0.2) is 45.6 Å². The van der Waals surface area contributed by atoms with Gasteiger partial charge in [0.2, 0.25) is 23.8 Å². The lowest BCUT2D eigenvalue weighted by Gasteiger charge is -2.42. The van der Waals surface area contributed by atoms with Crippen LogP contribution >= 0.6 is 0 Å². The normalized spacial score (nSPS) is 38.2. The lowest BCUT2D eigenvalue weighted by molar-refractivity contribution is -0.318. The van der Waals surface area contributed by atoms with E-state index in [-0.39, 0.29) is 28.4 Å². The summed E-state index contributed by atoms with van der Waals surface area (Å²) >= 11 is 0. The van der Waals surface area contributed by atoms with E-state index in [1.54, 1.807) is 0 Å². The molecule has 3 saturated heterocycles. The molecule has 4 heterocycles. The summed E-state index contributed by atoms with van der Waals surface area (Å²) in [5.74, 6) is -2.01. The molecule has 15 atom stereocenters. The van der Waals surface area contributed by atoms with Crippen LogP contribution in [0.3, 0.4) is 0 Å². The van der Waals surface area contributed by atoms with Gasteiger partial charge in [-0.25, -0.2) is 0 Å². The van der Waals surface area contributed by atoms with E-state index in [0.29, 0.717) is 0 Å². The molecule has 0 spiro atoms. The van der Waals surface area contributed by atoms with E-state index in [1.165, 1.54) is 44.2 Å². The first-order chi connectivity index (χ1) is 24.6. The molecule has 11 N–H and O–H groups in total. The summed E-state index contributed by atoms with van der Waals surface area (Å²) in [7, 11) is 0. The van der Waals surface area contributed by atoms with Crippen molar-refractivity contribution < 1.29 is 89.0 Å². The second-order valence-corrected chi connectivity index (χ2v) is 12.9. The van der Waals surface area contributed by atoms with Crippen LogP contribution in [0.1, 0.15) is 13.8 Å². The number of rotatable bonds is 8. The zero-order valence-corrected chi connectivity index (χ0v) is 27.5. The van der Waals surface area contributed by atoms with Gasteiger partial charge in [0.25, 0.3) is 0 Å². The molecule has 19 heteroatoms. The minimum absolute atomic E-state index is 0.138. The highest BCUT2D eigenvalue weighted by Gasteiger charge is 2.48. The van der Waals surface area contributed by atoms with E-state index in [2.05, 4.69) is 0 Å². The van der Waals surface area contributed by atoms with Crippen LogP contribution in [0, 0.1) is 0 Å². The summed E-state index contributed by atoms with van der Waals surface area (Å²) in [5, 5.41) is 114. The Bertz CT molecular complexity index is 1770. The van der Waals surface area contributed by atoms with Gasteiger partial charge in [0.15, 0.2) is 12.1 Å². The van der Waals surface area contributed by atoms with E-state index in [1.807, 2.05) is 0 Å². The van der Waals surface area contributed by atoms with Gasteiger partial charge < -0.3 is 89.0 Å². The van der Waals surface area contributed by atoms with Crippen LogP contribution in [0.2, 0.25) is 0 Å². The molecule has 0 aliphatic carbocycles. The van der Waals surface area contributed by atoms with Gasteiger partial charge in [-0.05, 0) is 38.1 Å². The predicted octanol–water partition coefficient (Wildman–Crippen LogP) is -2.89. The SMILES string of the molecule is C[C@@H]1O[C@@H](OC[C@H]2O[C@@H](Oc3c(-c4ccc(O)cc4)oc4cc(O[C@@H]5O[C@@H](C)[C@H](O)[C@@H](O)[C@H]5O)cc(O)c4c3=O)[C@H](O)[C@@H](O)[C@H]2O)[C@H](O)[C@H](O)[C@H]1O. The average Bonchev–Trinajstić information content (AvgIpc) is 3.11. The number of aliphatic hydroxyl groups is 9. The summed E-state index contributed by atoms with van der Waals surface area (Å²) in [6.45, 7) is 2.25. The first-order valence-electron chi connectivity index (χ1n) is 16.2. The molecule has 2 aromatic carbocycles. The molecular weight excluding hydrogens is 700 g/mol. The molecular formula is C33H40O19. The highest BCUT2D eigenvalue weighted by Crippen LogP contribution is 2.38. The Hall–Kier alpha value is -3.67. The standard InChI is InChI=1S/C33H40O19/c1-10-19(36)23(40)26(43)31(47-10)46-9-17-21(38)25(42)28(45)33(51-17)52-30-22(39)18-15(35)7-14(49-32-27(44)24(41)20(37)11(2)48-32)8-16(18)50-29(30)12-3-5-13(34)6-4-12/h3-8,10-11,17,19-21,23-28,31-38,40-45H,9H2,1-2H3/t10-,11-,17+,19-,20-,21-,23+,24+,25-,26+,27+,28+,31+,32-,33-/m0/s1. The smallest absolute Gasteiger partial charge is 0.239 e. The lowest BCUT2D eigenvalue weighted by atomic mass is 9.98. The van der Waals surface area contributed by atoms with Gasteiger partial charge in [0.05, 0.1) is 18.8 Å². The number of phenols is 2. The zero-order valence-electron chi connectivity index (χ0n) is 27.5. The van der Waals surface area contributed by atoms with Crippen molar-refractivity contribution in [3.05, 3.63) is 46.6 Å². The Balaban J connectivity index is 1.32. The molecule has 1 aromatic heterocycles. The van der Waals surface area contributed by atoms with E-state index < -0.39 is 121 Å². The van der Waals surface area contributed by atoms with Crippen LogP contribution in [0.4, 0.5) is 0 Å². The van der Waals surface area contributed by atoms with Crippen molar-refractivity contribution in [3.63, 3.8) is 0 Å². The average molecular weight is 741 g/mol. The van der Waals surface area contributed by atoms with Gasteiger partial charge in [-0.2, -0.15) is 0 Å². The van der Waals surface area contributed by atoms with Gasteiger partial charge in [0.1, 0.15) is 89.3 Å². The highest BCUT2D eigenvalue weighted by atomic mass is 16.7. The molecule has 6 rings (SSSR count). The van der Waals surface area contributed by atoms with Crippen molar-refractivity contribution in [3.8, 4) is 34.3 Å². The fraction of sp³-hybridized carbons (Fsp3) is 0.545. The topological polar surface area (TPSA) is 308 Å². The Morgan fingerprint density at radius 2 is 1.17 bits per heavy atom. The van der Waals surface area contributed by atoms with Crippen LogP contribution in [-0.4, -0.2) is 155 Å². The zero-order chi connectivity index (χ0) is 37.8. The minimum atomic E-state index is -1.98. The number of fused-ring (bicyclic) bond motifs is 1. The monoisotopic (exact) mass is 740 g/mol. The first kappa shape index (κ1) is 38.1. The Kier molecular flexibility index (Phi) is 11.0. The van der Waals surface area contributed by atoms with Crippen molar-refractivity contribution in [2.45, 2.75) is 106 Å². The number of ether oxygens (including phenoxy) is 6. The molecule has 0 bridgehead atoms. The number of hydrogen-bond acceptors (Lipinski definition) is 19. The molecule has 0 unspecified atom stereocenters. The maximum atomic E-state index is 14.0. The maximum Gasteiger partial charge on any atom is 0.239 e. The lowest BCUT2D eigenvalue weighted by Crippen LogP contribution is -2.61. The minimum Gasteiger partial charge on any atom is -0.508 e. The Labute approximate surface area is 293 Å². The van der Waals surface area contributed by atoms with E-state index in [4.69, 9.17) is 32.8 Å². The fourth-order valence-corrected chi connectivity index (χ4v) is 6.09. The molecule has 0 saturated carbocycles. The van der Waals surface area contributed by atoms with Crippen molar-refractivity contribution in [1.82, 2.24) is 0 Å². The van der Waals surface area contributed by atoms with Crippen molar-refractivity contribution in [1.29, 1.82) is 0 Å². The maximum absolute atomic E-state index is 14.0. The molecule has 3 aliphatic rings. The quantitative estimate of drug-likeness (QED) is 0.110. The molecule has 286 valence electrons. The largest absolute Gasteiger partial charge is 0.508 e. The fourth-order valence-electron chi connectivity index (χ4n) is 6.09. The van der Waals surface area contributed by atoms with Gasteiger partial charge in [0, 0.05) is 17.7 Å². The number of aromatic hydroxyl groups is 2. The van der Waals surface area contributed by atoms with Crippen molar-refractivity contribution in [2.24, 2.45) is 0 Å². The molecule has 3 aromatic rings. The van der Waals surface area contributed by atoms with Crippen molar-refractivity contribution in [2.75, 3.05) is 6.61 Å². The van der Waals surface area contributed by atoms with Gasteiger partial charge >= 0.3 is 0 Å². The van der Waals surface area contributed by atoms with Crippen molar-refractivity contribution >= 4 is 11.0 Å². The predicted molar refractivity (Wildman–Crippen MR) is 170 cm³/mol. The second kappa shape index (κ2) is 15.0. The number of phenolic OH excluding ortho intramolecular Hbond substituents is 2. The number of hydrogen-bond donors (Lipinski definition) is 11. The van der Waals surface area contributed by atoms with E-state index >= 15 is 0 Å². The summed E-state index contributed by atoms with van der Waals surface area (Å²) in [4.78, 5) is 14.0. The third kappa shape index (κ3) is 7.16. The molecule has 0 amide bonds. The summed E-state index contributed by atoms with van der Waals surface area (Å²) in [6, 6.07) is 7.38. The first-order valence-corrected chi connectivity index (χ1v) is 16.2. The second-order valence-electron chi connectivity index (χ2n) is 12.9. The van der Waals surface area contributed by atoms with E-state index in [9.17, 15) is 61.0 Å². The van der Waals surface area contributed by atoms with Crippen LogP contribution in [0.25, 0.3) is 22.3 Å². The number of aliphatic hydroxyl groups excluding tert-OH is 9. The number of benzene rings is 2. The Morgan fingerprint density at radius 1 is 0.635 bits per heavy atom. The third-order valence-corrected chi connectivity index (χ3v) is 9.23. The Morgan fingerprint density at radius 3 is 1.79 bits per heavy atom. The summed E-state index contributed by atoms with van der Waals surface area (Å²) < 4.78 is 39.5. The van der Waals surface area contributed by atoms with Crippen LogP contribution in [-0.2, 0) is 18.9 Å². The molecule has 3 aliphatic heterocycles. The molecule has 19 nitrogen and oxygen atoms in total. The molecule has 3 fully saturated rings. The van der Waals surface area contributed by atoms with Gasteiger partial charge in [-0.15, -0.1) is 0 Å². The van der Waals surface area contributed by atoms with Crippen LogP contribution in [0.5, 0.6) is 23.0 Å². The molecule has 0 radical (unpaired) electrons. The third-order valence-electron chi connectivity index (χ3n) is 9.23. The van der Waals surface area contributed by atoms with Gasteiger partial charge in [-0.3, -0.25) is 4.79 Å². The van der Waals surface area contributed by atoms with Gasteiger partial charge in [-0.1, -0.05) is 0 Å². The highest BCUT2D eigenvalue weighted by molar-refractivity contribution is 5.88. The molecule has 52 heavy (non-hydrogen) atoms.